The molecule has 1 aliphatic rings. The summed E-state index contributed by atoms with van der Waals surface area (Å²) >= 11 is 0. The molecular weight excluding hydrogens is 310 g/mol. The number of aryl methyl sites for hydroxylation is 1. The van der Waals surface area contributed by atoms with Gasteiger partial charge in [0.05, 0.1) is 12.6 Å². The number of hydrogen-bond donors (Lipinski definition) is 1. The van der Waals surface area contributed by atoms with Gasteiger partial charge in [0, 0.05) is 27.2 Å². The average molecular weight is 335 g/mol. The zero-order chi connectivity index (χ0) is 17.4. The van der Waals surface area contributed by atoms with Gasteiger partial charge in [0.25, 0.3) is 5.56 Å². The third kappa shape index (κ3) is 2.75. The number of aliphatic hydroxyl groups excluding tert-OH is 1. The van der Waals surface area contributed by atoms with E-state index >= 15 is 0 Å². The van der Waals surface area contributed by atoms with E-state index in [1.54, 1.807) is 18.5 Å². The van der Waals surface area contributed by atoms with Crippen LogP contribution in [0.5, 0.6) is 0 Å². The summed E-state index contributed by atoms with van der Waals surface area (Å²) in [6.45, 7) is 3.70. The maximum absolute atomic E-state index is 12.7. The van der Waals surface area contributed by atoms with Crippen LogP contribution in [0.2, 0.25) is 0 Å². The Labute approximate surface area is 139 Å². The summed E-state index contributed by atoms with van der Waals surface area (Å²) in [7, 11) is 3.09. The van der Waals surface area contributed by atoms with Crippen molar-refractivity contribution in [3.8, 4) is 0 Å². The van der Waals surface area contributed by atoms with Crippen LogP contribution in [0, 0.1) is 0 Å². The van der Waals surface area contributed by atoms with Crippen molar-refractivity contribution in [1.29, 1.82) is 0 Å². The van der Waals surface area contributed by atoms with E-state index in [2.05, 4.69) is 9.88 Å². The molecule has 2 aromatic heterocycles. The third-order valence-corrected chi connectivity index (χ3v) is 4.66. The van der Waals surface area contributed by atoms with Gasteiger partial charge in [-0.3, -0.25) is 13.9 Å². The molecule has 8 nitrogen and oxygen atoms in total. The first-order valence-electron chi connectivity index (χ1n) is 8.51. The van der Waals surface area contributed by atoms with E-state index in [0.717, 1.165) is 30.5 Å². The van der Waals surface area contributed by atoms with Crippen molar-refractivity contribution in [1.82, 2.24) is 18.7 Å². The summed E-state index contributed by atoms with van der Waals surface area (Å²) in [5, 5.41) is 9.90. The van der Waals surface area contributed by atoms with Crippen LogP contribution in [0.3, 0.4) is 0 Å². The van der Waals surface area contributed by atoms with Gasteiger partial charge in [-0.1, -0.05) is 12.8 Å². The number of anilines is 1. The Balaban J connectivity index is 2.28. The lowest BCUT2D eigenvalue weighted by atomic mass is 10.2. The van der Waals surface area contributed by atoms with E-state index < -0.39 is 11.8 Å². The predicted molar refractivity (Wildman–Crippen MR) is 92.6 cm³/mol. The van der Waals surface area contributed by atoms with Gasteiger partial charge in [0.15, 0.2) is 11.2 Å². The summed E-state index contributed by atoms with van der Waals surface area (Å²) in [6, 6.07) is 0. The number of aromatic nitrogens is 4. The van der Waals surface area contributed by atoms with Crippen molar-refractivity contribution in [3.05, 3.63) is 20.8 Å². The first-order valence-corrected chi connectivity index (χ1v) is 8.51. The minimum Gasteiger partial charge on any atom is -0.392 e. The molecule has 0 unspecified atom stereocenters. The second-order valence-electron chi connectivity index (χ2n) is 6.65. The molecule has 1 fully saturated rings. The Kier molecular flexibility index (Phi) is 4.49. The number of imidazole rings is 1. The number of rotatable bonds is 3. The lowest BCUT2D eigenvalue weighted by Gasteiger charge is -2.23. The van der Waals surface area contributed by atoms with Crippen LogP contribution in [0.4, 0.5) is 5.95 Å². The van der Waals surface area contributed by atoms with Crippen LogP contribution in [0.15, 0.2) is 9.59 Å². The molecule has 0 amide bonds. The summed E-state index contributed by atoms with van der Waals surface area (Å²) in [6.07, 6.45) is 3.92. The fourth-order valence-corrected chi connectivity index (χ4v) is 3.38. The Morgan fingerprint density at radius 1 is 1.08 bits per heavy atom. The Morgan fingerprint density at radius 2 is 1.71 bits per heavy atom. The monoisotopic (exact) mass is 335 g/mol. The molecule has 132 valence electrons. The van der Waals surface area contributed by atoms with E-state index in [9.17, 15) is 14.7 Å². The SMILES string of the molecule is C[C@H](O)Cn1c(N2CCCCCC2)nc2c1c(=O)n(C)c(=O)n2C. The highest BCUT2D eigenvalue weighted by Crippen LogP contribution is 2.23. The van der Waals surface area contributed by atoms with Crippen molar-refractivity contribution < 1.29 is 5.11 Å². The lowest BCUT2D eigenvalue weighted by molar-refractivity contribution is 0.175. The maximum Gasteiger partial charge on any atom is 0.332 e. The largest absolute Gasteiger partial charge is 0.392 e. The topological polar surface area (TPSA) is 85.3 Å². The zero-order valence-corrected chi connectivity index (χ0v) is 14.5. The minimum atomic E-state index is -0.616. The molecule has 0 aromatic carbocycles. The van der Waals surface area contributed by atoms with Crippen molar-refractivity contribution in [2.45, 2.75) is 45.3 Å². The molecule has 2 aromatic rings. The summed E-state index contributed by atoms with van der Waals surface area (Å²) < 4.78 is 4.26. The standard InChI is InChI=1S/C16H25N5O3/c1-11(22)10-21-12-13(18(2)16(24)19(3)14(12)23)17-15(21)20-8-6-4-5-7-9-20/h11,22H,4-10H2,1-3H3/t11-/m0/s1. The van der Waals surface area contributed by atoms with Crippen molar-refractivity contribution >= 4 is 17.1 Å². The molecule has 3 heterocycles. The molecule has 0 bridgehead atoms. The van der Waals surface area contributed by atoms with Gasteiger partial charge in [-0.2, -0.15) is 4.98 Å². The van der Waals surface area contributed by atoms with E-state index in [4.69, 9.17) is 0 Å². The average Bonchev–Trinajstić information content (AvgIpc) is 2.73. The molecule has 0 spiro atoms. The molecule has 24 heavy (non-hydrogen) atoms. The van der Waals surface area contributed by atoms with Gasteiger partial charge in [-0.25, -0.2) is 4.79 Å². The van der Waals surface area contributed by atoms with E-state index in [1.807, 2.05) is 0 Å². The van der Waals surface area contributed by atoms with Gasteiger partial charge in [0.1, 0.15) is 0 Å². The number of nitrogens with zero attached hydrogens (tertiary/aromatic N) is 5. The Morgan fingerprint density at radius 3 is 2.29 bits per heavy atom. The molecule has 1 N–H and O–H groups in total. The maximum atomic E-state index is 12.7. The first kappa shape index (κ1) is 16.8. The quantitative estimate of drug-likeness (QED) is 0.866. The van der Waals surface area contributed by atoms with Crippen LogP contribution in [0.1, 0.15) is 32.6 Å². The van der Waals surface area contributed by atoms with Crippen molar-refractivity contribution in [3.63, 3.8) is 0 Å². The van der Waals surface area contributed by atoms with E-state index in [1.165, 1.54) is 24.5 Å². The zero-order valence-electron chi connectivity index (χ0n) is 14.5. The van der Waals surface area contributed by atoms with Crippen LogP contribution in [-0.4, -0.2) is 43.0 Å². The van der Waals surface area contributed by atoms with Crippen LogP contribution >= 0.6 is 0 Å². The molecular formula is C16H25N5O3. The summed E-state index contributed by atoms with van der Waals surface area (Å²) in [5.74, 6) is 0.672. The third-order valence-electron chi connectivity index (χ3n) is 4.66. The van der Waals surface area contributed by atoms with E-state index in [0.29, 0.717) is 17.1 Å². The lowest BCUT2D eigenvalue weighted by Crippen LogP contribution is -2.38. The molecule has 0 saturated carbocycles. The Bertz CT molecular complexity index is 853. The van der Waals surface area contributed by atoms with Gasteiger partial charge in [-0.05, 0) is 19.8 Å². The van der Waals surface area contributed by atoms with E-state index in [-0.39, 0.29) is 12.1 Å². The van der Waals surface area contributed by atoms with Crippen molar-refractivity contribution in [2.24, 2.45) is 14.1 Å². The van der Waals surface area contributed by atoms with Crippen LogP contribution in [0.25, 0.3) is 11.2 Å². The van der Waals surface area contributed by atoms with Gasteiger partial charge in [-0.15, -0.1) is 0 Å². The normalized spacial score (nSPS) is 17.2. The van der Waals surface area contributed by atoms with Gasteiger partial charge in [0.2, 0.25) is 5.95 Å². The molecule has 1 aliphatic heterocycles. The van der Waals surface area contributed by atoms with Crippen molar-refractivity contribution in [2.75, 3.05) is 18.0 Å². The summed E-state index contributed by atoms with van der Waals surface area (Å²) in [4.78, 5) is 31.6. The second kappa shape index (κ2) is 6.43. The fourth-order valence-electron chi connectivity index (χ4n) is 3.38. The highest BCUT2D eigenvalue weighted by molar-refractivity contribution is 5.74. The highest BCUT2D eigenvalue weighted by Gasteiger charge is 2.23. The minimum absolute atomic E-state index is 0.274. The molecule has 1 saturated heterocycles. The summed E-state index contributed by atoms with van der Waals surface area (Å²) in [5.41, 5.74) is -0.0123. The fraction of sp³-hybridized carbons (Fsp3) is 0.688. The highest BCUT2D eigenvalue weighted by atomic mass is 16.3. The Hall–Kier alpha value is -2.09. The van der Waals surface area contributed by atoms with Crippen LogP contribution in [-0.2, 0) is 20.6 Å². The first-order chi connectivity index (χ1) is 11.4. The van der Waals surface area contributed by atoms with Gasteiger partial charge >= 0.3 is 5.69 Å². The molecule has 8 heteroatoms. The predicted octanol–water partition coefficient (Wildman–Crippen LogP) is 0.195. The number of aliphatic hydroxyl groups is 1. The number of hydrogen-bond acceptors (Lipinski definition) is 5. The smallest absolute Gasteiger partial charge is 0.332 e. The molecule has 0 radical (unpaired) electrons. The van der Waals surface area contributed by atoms with Gasteiger partial charge < -0.3 is 14.6 Å². The molecule has 3 rings (SSSR count). The van der Waals surface area contributed by atoms with Crippen LogP contribution < -0.4 is 16.1 Å². The second-order valence-corrected chi connectivity index (χ2v) is 6.65. The molecule has 1 atom stereocenters. The number of fused-ring (bicyclic) bond motifs is 1. The molecule has 0 aliphatic carbocycles.